The Balaban J connectivity index is 1.27. The van der Waals surface area contributed by atoms with Gasteiger partial charge in [0.2, 0.25) is 6.29 Å². The van der Waals surface area contributed by atoms with Gasteiger partial charge in [-0.2, -0.15) is 0 Å². The number of hydrogen-bond acceptors (Lipinski definition) is 15. The topological polar surface area (TPSA) is 245 Å². The molecule has 4 heterocycles. The summed E-state index contributed by atoms with van der Waals surface area (Å²) in [5.74, 6) is -4.78. The summed E-state index contributed by atoms with van der Waals surface area (Å²) in [5, 5.41) is 93.7. The van der Waals surface area contributed by atoms with Crippen LogP contribution in [0.3, 0.4) is 0 Å². The van der Waals surface area contributed by atoms with Crippen LogP contribution in [0.4, 0.5) is 0 Å². The lowest BCUT2D eigenvalue weighted by atomic mass is 9.76. The molecule has 0 aromatic heterocycles. The van der Waals surface area contributed by atoms with Gasteiger partial charge in [0.15, 0.2) is 17.3 Å². The average Bonchev–Trinajstić information content (AvgIpc) is 3.09. The number of aliphatic hydroxyl groups excluding tert-OH is 4. The van der Waals surface area contributed by atoms with E-state index in [-0.39, 0.29) is 64.0 Å². The molecule has 15 nitrogen and oxygen atoms in total. The lowest BCUT2D eigenvalue weighted by Gasteiger charge is -2.47. The highest BCUT2D eigenvalue weighted by molar-refractivity contribution is 6.03. The van der Waals surface area contributed by atoms with Gasteiger partial charge < -0.3 is 69.6 Å². The molecule has 266 valence electrons. The van der Waals surface area contributed by atoms with Crippen LogP contribution < -0.4 is 18.9 Å². The molecule has 4 aromatic rings. The van der Waals surface area contributed by atoms with E-state index in [1.165, 1.54) is 48.5 Å². The van der Waals surface area contributed by atoms with Gasteiger partial charge in [0.25, 0.3) is 5.79 Å². The zero-order chi connectivity index (χ0) is 35.9. The predicted octanol–water partition coefficient (Wildman–Crippen LogP) is 2.26. The predicted molar refractivity (Wildman–Crippen MR) is 170 cm³/mol. The van der Waals surface area contributed by atoms with E-state index in [0.717, 1.165) is 0 Å². The lowest BCUT2D eigenvalue weighted by molar-refractivity contribution is -0.277. The molecular weight excluding hydrogens is 672 g/mol. The van der Waals surface area contributed by atoms with Crippen molar-refractivity contribution in [1.29, 1.82) is 0 Å². The van der Waals surface area contributed by atoms with Crippen molar-refractivity contribution < 1.29 is 74.4 Å². The molecule has 0 aliphatic carbocycles. The summed E-state index contributed by atoms with van der Waals surface area (Å²) < 4.78 is 30.6. The number of fused-ring (bicyclic) bond motifs is 8. The molecule has 3 unspecified atom stereocenters. The van der Waals surface area contributed by atoms with Gasteiger partial charge in [-0.15, -0.1) is 0 Å². The fraction of sp³-hybridized carbons (Fsp3) is 0.306. The molecule has 2 bridgehead atoms. The fourth-order valence-electron chi connectivity index (χ4n) is 7.23. The second-order valence-corrected chi connectivity index (χ2v) is 12.9. The van der Waals surface area contributed by atoms with E-state index in [9.17, 15) is 50.8 Å². The number of carbonyl (C=O) groups excluding carboxylic acids is 1. The van der Waals surface area contributed by atoms with E-state index >= 15 is 0 Å². The highest BCUT2D eigenvalue weighted by Crippen LogP contribution is 2.62. The Morgan fingerprint density at radius 2 is 1.49 bits per heavy atom. The van der Waals surface area contributed by atoms with Gasteiger partial charge in [0, 0.05) is 47.2 Å². The van der Waals surface area contributed by atoms with Crippen LogP contribution in [0.15, 0.2) is 60.7 Å². The standard InChI is InChI=1S/C36H32O15/c37-13-27-31(44)32(45)33(46)35(49-27)47-17-8-21(41)28-18-12-36(50-25(28)9-17,15-3-6-19(39)20(40)7-15)51-26-11-23(43)30-22(42)10-24(48-34(30)29(18)26)14-1-4-16(38)5-2-14/h1-9,11,18,24,27,31-33,35,37-41,43-46H,10,12-13H2/t18?,24?,27-,31-,32+,33-,35-,36?/m1/s1. The normalized spacial score (nSPS) is 29.0. The van der Waals surface area contributed by atoms with Crippen LogP contribution in [0.2, 0.25) is 0 Å². The van der Waals surface area contributed by atoms with Crippen molar-refractivity contribution in [3.05, 3.63) is 88.5 Å². The number of carbonyl (C=O) groups is 1. The van der Waals surface area contributed by atoms with Crippen LogP contribution in [0, 0.1) is 0 Å². The van der Waals surface area contributed by atoms with Gasteiger partial charge >= 0.3 is 0 Å². The van der Waals surface area contributed by atoms with Crippen LogP contribution in [0.25, 0.3) is 0 Å². The third-order valence-electron chi connectivity index (χ3n) is 9.76. The molecule has 0 radical (unpaired) electrons. The molecule has 8 atom stereocenters. The number of benzene rings is 4. The van der Waals surface area contributed by atoms with E-state index in [4.69, 9.17) is 23.7 Å². The lowest BCUT2D eigenvalue weighted by Crippen LogP contribution is -2.60. The van der Waals surface area contributed by atoms with Gasteiger partial charge in [-0.25, -0.2) is 0 Å². The van der Waals surface area contributed by atoms with Crippen molar-refractivity contribution >= 4 is 5.78 Å². The van der Waals surface area contributed by atoms with Gasteiger partial charge in [0.05, 0.1) is 13.0 Å². The van der Waals surface area contributed by atoms with Crippen molar-refractivity contribution in [3.63, 3.8) is 0 Å². The molecule has 4 aliphatic heterocycles. The van der Waals surface area contributed by atoms with Gasteiger partial charge in [0.1, 0.15) is 76.3 Å². The Morgan fingerprint density at radius 1 is 0.765 bits per heavy atom. The largest absolute Gasteiger partial charge is 0.508 e. The van der Waals surface area contributed by atoms with Gasteiger partial charge in [-0.1, -0.05) is 12.1 Å². The molecule has 4 aromatic carbocycles. The van der Waals surface area contributed by atoms with Crippen molar-refractivity contribution in [1.82, 2.24) is 0 Å². The first-order chi connectivity index (χ1) is 24.4. The van der Waals surface area contributed by atoms with Crippen LogP contribution in [-0.4, -0.2) is 89.1 Å². The molecule has 0 spiro atoms. The first kappa shape index (κ1) is 32.7. The monoisotopic (exact) mass is 704 g/mol. The van der Waals surface area contributed by atoms with Crippen LogP contribution in [0.5, 0.6) is 51.7 Å². The Morgan fingerprint density at radius 3 is 2.20 bits per heavy atom. The van der Waals surface area contributed by atoms with E-state index in [1.54, 1.807) is 12.1 Å². The van der Waals surface area contributed by atoms with E-state index in [1.807, 2.05) is 0 Å². The van der Waals surface area contributed by atoms with Crippen LogP contribution in [-0.2, 0) is 10.5 Å². The quantitative estimate of drug-likeness (QED) is 0.135. The summed E-state index contributed by atoms with van der Waals surface area (Å²) in [5.41, 5.74) is 1.24. The highest BCUT2D eigenvalue weighted by atomic mass is 16.7. The molecule has 9 N–H and O–H groups in total. The minimum atomic E-state index is -1.76. The van der Waals surface area contributed by atoms with Crippen LogP contribution in [0.1, 0.15) is 57.5 Å². The van der Waals surface area contributed by atoms with Crippen molar-refractivity contribution in [2.45, 2.75) is 61.4 Å². The summed E-state index contributed by atoms with van der Waals surface area (Å²) in [6, 6.07) is 13.9. The molecule has 1 saturated heterocycles. The van der Waals surface area contributed by atoms with Crippen LogP contribution >= 0.6 is 0 Å². The SMILES string of the molecule is O=C1CC(c2ccc(O)cc2)Oc2c1c(O)cc1c2C2CC(c3ccc(O)c(O)c3)(Oc3cc(O[C@@H]4O[C@H](CO)[C@@H](O)[C@H](O)[C@H]4O)cc(O)c32)O1. The fourth-order valence-corrected chi connectivity index (χ4v) is 7.23. The van der Waals surface area contributed by atoms with Crippen molar-refractivity contribution in [2.75, 3.05) is 6.61 Å². The summed E-state index contributed by atoms with van der Waals surface area (Å²) in [7, 11) is 0. The average molecular weight is 705 g/mol. The number of Topliss-reactive ketones (excluding diaryl/α,β-unsaturated/α-hetero) is 1. The number of ketones is 1. The summed E-state index contributed by atoms with van der Waals surface area (Å²) in [6.07, 6.45) is -8.94. The Hall–Kier alpha value is -5.45. The number of aliphatic hydroxyl groups is 4. The molecule has 0 amide bonds. The van der Waals surface area contributed by atoms with Crippen molar-refractivity contribution in [3.8, 4) is 51.7 Å². The number of hydrogen-bond donors (Lipinski definition) is 9. The molecule has 15 heteroatoms. The second kappa shape index (κ2) is 11.8. The maximum absolute atomic E-state index is 13.6. The number of ether oxygens (including phenoxy) is 5. The number of phenolic OH excluding ortho intramolecular Hbond substituents is 5. The zero-order valence-corrected chi connectivity index (χ0v) is 26.4. The highest BCUT2D eigenvalue weighted by Gasteiger charge is 2.54. The minimum absolute atomic E-state index is 0.0110. The molecule has 51 heavy (non-hydrogen) atoms. The summed E-state index contributed by atoms with van der Waals surface area (Å²) >= 11 is 0. The molecular formula is C36H32O15. The third kappa shape index (κ3) is 5.20. The molecule has 4 aliphatic rings. The van der Waals surface area contributed by atoms with Gasteiger partial charge in [-0.05, 0) is 35.9 Å². The summed E-state index contributed by atoms with van der Waals surface area (Å²) in [6.45, 7) is -0.693. The zero-order valence-electron chi connectivity index (χ0n) is 26.4. The molecule has 0 saturated carbocycles. The van der Waals surface area contributed by atoms with Gasteiger partial charge in [-0.3, -0.25) is 4.79 Å². The number of phenols is 5. The molecule has 1 fully saturated rings. The Bertz CT molecular complexity index is 2050. The second-order valence-electron chi connectivity index (χ2n) is 12.9. The maximum Gasteiger partial charge on any atom is 0.279 e. The molecule has 8 rings (SSSR count). The van der Waals surface area contributed by atoms with E-state index < -0.39 is 78.2 Å². The number of rotatable bonds is 5. The smallest absolute Gasteiger partial charge is 0.279 e. The minimum Gasteiger partial charge on any atom is -0.508 e. The number of aromatic hydroxyl groups is 5. The van der Waals surface area contributed by atoms with E-state index in [2.05, 4.69) is 0 Å². The van der Waals surface area contributed by atoms with E-state index in [0.29, 0.717) is 11.1 Å². The third-order valence-corrected chi connectivity index (χ3v) is 9.76. The maximum atomic E-state index is 13.6. The first-order valence-corrected chi connectivity index (χ1v) is 16.0. The van der Waals surface area contributed by atoms with Crippen molar-refractivity contribution in [2.24, 2.45) is 0 Å². The summed E-state index contributed by atoms with van der Waals surface area (Å²) in [4.78, 5) is 13.6. The Kier molecular flexibility index (Phi) is 7.59. The Labute approximate surface area is 288 Å². The first-order valence-electron chi connectivity index (χ1n) is 16.0.